The fourth-order valence-corrected chi connectivity index (χ4v) is 1.21. The number of carboxylic acid groups (broad SMARTS) is 1. The Morgan fingerprint density at radius 3 is 2.69 bits per heavy atom. The van der Waals surface area contributed by atoms with Crippen LogP contribution in [0.4, 0.5) is 8.78 Å². The van der Waals surface area contributed by atoms with Gasteiger partial charge in [-0.1, -0.05) is 17.7 Å². The Balaban J connectivity index is 2.86. The van der Waals surface area contributed by atoms with Crippen molar-refractivity contribution in [3.05, 3.63) is 34.9 Å². The predicted molar refractivity (Wildman–Crippen MR) is 54.8 cm³/mol. The van der Waals surface area contributed by atoms with Gasteiger partial charge in [-0.15, -0.1) is 0 Å². The van der Waals surface area contributed by atoms with Gasteiger partial charge in [0, 0.05) is 6.08 Å². The van der Waals surface area contributed by atoms with Crippen molar-refractivity contribution in [2.45, 2.75) is 6.61 Å². The highest BCUT2D eigenvalue weighted by atomic mass is 35.5. The van der Waals surface area contributed by atoms with Gasteiger partial charge >= 0.3 is 12.6 Å². The lowest BCUT2D eigenvalue weighted by atomic mass is 10.2. The van der Waals surface area contributed by atoms with E-state index in [0.717, 1.165) is 6.08 Å². The summed E-state index contributed by atoms with van der Waals surface area (Å²) in [7, 11) is 0. The third kappa shape index (κ3) is 3.86. The lowest BCUT2D eigenvalue weighted by molar-refractivity contribution is -0.131. The molecule has 0 radical (unpaired) electrons. The van der Waals surface area contributed by atoms with Crippen LogP contribution in [0.3, 0.4) is 0 Å². The number of benzene rings is 1. The van der Waals surface area contributed by atoms with E-state index in [0.29, 0.717) is 5.56 Å². The Hall–Kier alpha value is -1.62. The van der Waals surface area contributed by atoms with Crippen LogP contribution < -0.4 is 4.74 Å². The van der Waals surface area contributed by atoms with Crippen LogP contribution >= 0.6 is 11.6 Å². The Bertz CT molecular complexity index is 419. The lowest BCUT2D eigenvalue weighted by Crippen LogP contribution is -2.02. The minimum atomic E-state index is -2.95. The molecule has 0 amide bonds. The second-order valence-electron chi connectivity index (χ2n) is 2.74. The van der Waals surface area contributed by atoms with E-state index < -0.39 is 12.6 Å². The predicted octanol–water partition coefficient (Wildman–Crippen LogP) is 3.04. The van der Waals surface area contributed by atoms with E-state index >= 15 is 0 Å². The Morgan fingerprint density at radius 2 is 2.19 bits per heavy atom. The quantitative estimate of drug-likeness (QED) is 0.833. The zero-order valence-corrected chi connectivity index (χ0v) is 8.62. The standard InChI is InChI=1S/C10H7ClF2O3/c11-7-5-6(2-4-9(14)15)1-3-8(7)16-10(12)13/h1-5,10H,(H,14,15)/b4-2+. The average Bonchev–Trinajstić information content (AvgIpc) is 2.18. The summed E-state index contributed by atoms with van der Waals surface area (Å²) in [6.07, 6.45) is 2.21. The summed E-state index contributed by atoms with van der Waals surface area (Å²) in [5.41, 5.74) is 0.481. The molecular weight excluding hydrogens is 242 g/mol. The van der Waals surface area contributed by atoms with Crippen LogP contribution in [0.15, 0.2) is 24.3 Å². The first-order chi connectivity index (χ1) is 7.49. The number of carboxylic acids is 1. The smallest absolute Gasteiger partial charge is 0.387 e. The van der Waals surface area contributed by atoms with Crippen molar-refractivity contribution in [1.82, 2.24) is 0 Å². The van der Waals surface area contributed by atoms with Crippen molar-refractivity contribution in [2.75, 3.05) is 0 Å². The molecule has 0 fully saturated rings. The van der Waals surface area contributed by atoms with Gasteiger partial charge in [0.2, 0.25) is 0 Å². The highest BCUT2D eigenvalue weighted by Gasteiger charge is 2.08. The molecule has 1 rings (SSSR count). The van der Waals surface area contributed by atoms with Gasteiger partial charge in [0.15, 0.2) is 0 Å². The molecule has 0 aliphatic carbocycles. The summed E-state index contributed by atoms with van der Waals surface area (Å²) in [5.74, 6) is -1.26. The number of ether oxygens (including phenoxy) is 1. The van der Waals surface area contributed by atoms with E-state index in [1.54, 1.807) is 0 Å². The van der Waals surface area contributed by atoms with Crippen molar-refractivity contribution >= 4 is 23.6 Å². The fourth-order valence-electron chi connectivity index (χ4n) is 0.980. The molecule has 0 heterocycles. The van der Waals surface area contributed by atoms with Gasteiger partial charge in [0.25, 0.3) is 0 Å². The zero-order chi connectivity index (χ0) is 12.1. The Kier molecular flexibility index (Phi) is 4.25. The third-order valence-corrected chi connectivity index (χ3v) is 1.89. The van der Waals surface area contributed by atoms with Crippen molar-refractivity contribution in [3.8, 4) is 5.75 Å². The molecule has 0 aliphatic rings. The van der Waals surface area contributed by atoms with Crippen molar-refractivity contribution < 1.29 is 23.4 Å². The molecule has 1 aromatic rings. The minimum absolute atomic E-state index is 0.00663. The molecule has 0 aliphatic heterocycles. The number of carbonyl (C=O) groups is 1. The van der Waals surface area contributed by atoms with E-state index in [-0.39, 0.29) is 10.8 Å². The summed E-state index contributed by atoms with van der Waals surface area (Å²) in [4.78, 5) is 10.2. The molecule has 16 heavy (non-hydrogen) atoms. The summed E-state index contributed by atoms with van der Waals surface area (Å²) >= 11 is 5.65. The van der Waals surface area contributed by atoms with Crippen LogP contribution in [-0.4, -0.2) is 17.7 Å². The zero-order valence-electron chi connectivity index (χ0n) is 7.86. The molecule has 1 aromatic carbocycles. The SMILES string of the molecule is O=C(O)/C=C/c1ccc(OC(F)F)c(Cl)c1. The Morgan fingerprint density at radius 1 is 1.50 bits per heavy atom. The van der Waals surface area contributed by atoms with Crippen LogP contribution in [0.25, 0.3) is 6.08 Å². The first-order valence-electron chi connectivity index (χ1n) is 4.14. The maximum absolute atomic E-state index is 11.9. The molecule has 0 spiro atoms. The first-order valence-corrected chi connectivity index (χ1v) is 4.52. The van der Waals surface area contributed by atoms with Crippen LogP contribution in [0.2, 0.25) is 5.02 Å². The van der Waals surface area contributed by atoms with Gasteiger partial charge in [0.05, 0.1) is 5.02 Å². The molecule has 0 saturated heterocycles. The lowest BCUT2D eigenvalue weighted by Gasteiger charge is -2.06. The third-order valence-electron chi connectivity index (χ3n) is 1.59. The summed E-state index contributed by atoms with van der Waals surface area (Å²) in [6.45, 7) is -2.95. The summed E-state index contributed by atoms with van der Waals surface area (Å²) < 4.78 is 27.9. The van der Waals surface area contributed by atoms with Crippen molar-refractivity contribution in [2.24, 2.45) is 0 Å². The molecular formula is C10H7ClF2O3. The number of rotatable bonds is 4. The number of hydrogen-bond donors (Lipinski definition) is 1. The second-order valence-corrected chi connectivity index (χ2v) is 3.15. The van der Waals surface area contributed by atoms with Gasteiger partial charge in [-0.25, -0.2) is 4.79 Å². The first kappa shape index (κ1) is 12.4. The van der Waals surface area contributed by atoms with Gasteiger partial charge in [-0.3, -0.25) is 0 Å². The second kappa shape index (κ2) is 5.46. The molecule has 6 heteroatoms. The van der Waals surface area contributed by atoms with E-state index in [9.17, 15) is 13.6 Å². The molecule has 0 unspecified atom stereocenters. The molecule has 0 bridgehead atoms. The number of hydrogen-bond acceptors (Lipinski definition) is 2. The van der Waals surface area contributed by atoms with Crippen LogP contribution in [0.1, 0.15) is 5.56 Å². The molecule has 1 N–H and O–H groups in total. The molecule has 86 valence electrons. The van der Waals surface area contributed by atoms with Gasteiger partial charge in [-0.2, -0.15) is 8.78 Å². The highest BCUT2D eigenvalue weighted by Crippen LogP contribution is 2.27. The van der Waals surface area contributed by atoms with E-state index in [1.807, 2.05) is 0 Å². The molecule has 0 atom stereocenters. The van der Waals surface area contributed by atoms with Gasteiger partial charge in [0.1, 0.15) is 5.75 Å². The van der Waals surface area contributed by atoms with Crippen LogP contribution in [-0.2, 0) is 4.79 Å². The number of aliphatic carboxylic acids is 1. The van der Waals surface area contributed by atoms with Gasteiger partial charge < -0.3 is 9.84 Å². The molecule has 3 nitrogen and oxygen atoms in total. The largest absolute Gasteiger partial charge is 0.478 e. The van der Waals surface area contributed by atoms with Crippen LogP contribution in [0, 0.1) is 0 Å². The van der Waals surface area contributed by atoms with Crippen LogP contribution in [0.5, 0.6) is 5.75 Å². The fraction of sp³-hybridized carbons (Fsp3) is 0.100. The molecule has 0 saturated carbocycles. The Labute approximate surface area is 94.9 Å². The van der Waals surface area contributed by atoms with E-state index in [2.05, 4.69) is 4.74 Å². The van der Waals surface area contributed by atoms with Crippen molar-refractivity contribution in [1.29, 1.82) is 0 Å². The van der Waals surface area contributed by atoms with Crippen molar-refractivity contribution in [3.63, 3.8) is 0 Å². The number of alkyl halides is 2. The minimum Gasteiger partial charge on any atom is -0.478 e. The summed E-state index contributed by atoms with van der Waals surface area (Å²) in [5, 5.41) is 8.37. The highest BCUT2D eigenvalue weighted by molar-refractivity contribution is 6.32. The van der Waals surface area contributed by atoms with E-state index in [1.165, 1.54) is 24.3 Å². The maximum Gasteiger partial charge on any atom is 0.387 e. The molecule has 0 aromatic heterocycles. The average molecular weight is 249 g/mol. The topological polar surface area (TPSA) is 46.5 Å². The maximum atomic E-state index is 11.9. The van der Waals surface area contributed by atoms with Gasteiger partial charge in [-0.05, 0) is 23.8 Å². The monoisotopic (exact) mass is 248 g/mol. The summed E-state index contributed by atoms with van der Waals surface area (Å²) in [6, 6.07) is 4.00. The number of halogens is 3. The normalized spacial score (nSPS) is 11.0. The van der Waals surface area contributed by atoms with E-state index in [4.69, 9.17) is 16.7 Å².